The van der Waals surface area contributed by atoms with Crippen molar-refractivity contribution in [3.05, 3.63) is 101 Å². The van der Waals surface area contributed by atoms with Crippen molar-refractivity contribution in [2.75, 3.05) is 26.3 Å². The van der Waals surface area contributed by atoms with Crippen LogP contribution in [-0.2, 0) is 26.2 Å². The van der Waals surface area contributed by atoms with E-state index in [0.717, 1.165) is 24.5 Å². The van der Waals surface area contributed by atoms with Crippen LogP contribution in [0.4, 0.5) is 0 Å². The molecule has 5 nitrogen and oxygen atoms in total. The van der Waals surface area contributed by atoms with Crippen molar-refractivity contribution in [3.8, 4) is 0 Å². The monoisotopic (exact) mass is 405 g/mol. The molecule has 3 rings (SSSR count). The van der Waals surface area contributed by atoms with Crippen LogP contribution in [0.15, 0.2) is 78.9 Å². The first-order chi connectivity index (χ1) is 14.8. The molecule has 2 N–H and O–H groups in total. The van der Waals surface area contributed by atoms with Crippen molar-refractivity contribution in [1.29, 1.82) is 0 Å². The first kappa shape index (κ1) is 22.1. The Bertz CT molecular complexity index is 790. The molecule has 3 aromatic rings. The maximum atomic E-state index is 9.47. The van der Waals surface area contributed by atoms with Gasteiger partial charge in [0.05, 0.1) is 24.6 Å². The summed E-state index contributed by atoms with van der Waals surface area (Å²) in [6, 6.07) is 26.7. The van der Waals surface area contributed by atoms with Gasteiger partial charge < -0.3 is 10.2 Å². The SMILES string of the molecule is OCCN(Cc1ccccc1)Cc1cccc(CN(CCO)Cc2ccccc2)n1. The Balaban J connectivity index is 1.65. The van der Waals surface area contributed by atoms with Crippen molar-refractivity contribution in [3.63, 3.8) is 0 Å². The molecular formula is C25H31N3O2. The van der Waals surface area contributed by atoms with Gasteiger partial charge in [-0.25, -0.2) is 0 Å². The molecule has 0 spiro atoms. The molecular weight excluding hydrogens is 374 g/mol. The molecule has 0 amide bonds. The number of aliphatic hydroxyl groups excluding tert-OH is 2. The average molecular weight is 406 g/mol. The third-order valence-corrected chi connectivity index (χ3v) is 4.97. The lowest BCUT2D eigenvalue weighted by Gasteiger charge is -2.23. The molecule has 5 heteroatoms. The Hall–Kier alpha value is -2.57. The van der Waals surface area contributed by atoms with Crippen LogP contribution < -0.4 is 0 Å². The van der Waals surface area contributed by atoms with Crippen LogP contribution in [0, 0.1) is 0 Å². The van der Waals surface area contributed by atoms with Crippen LogP contribution in [0.3, 0.4) is 0 Å². The summed E-state index contributed by atoms with van der Waals surface area (Å²) in [5.74, 6) is 0. The largest absolute Gasteiger partial charge is 0.395 e. The molecule has 0 saturated heterocycles. The van der Waals surface area contributed by atoms with E-state index in [1.165, 1.54) is 11.1 Å². The zero-order valence-corrected chi connectivity index (χ0v) is 17.4. The summed E-state index contributed by atoms with van der Waals surface area (Å²) in [5.41, 5.74) is 4.42. The number of hydrogen-bond donors (Lipinski definition) is 2. The number of pyridine rings is 1. The van der Waals surface area contributed by atoms with Crippen molar-refractivity contribution in [1.82, 2.24) is 14.8 Å². The fourth-order valence-corrected chi connectivity index (χ4v) is 3.56. The number of aliphatic hydroxyl groups is 2. The molecule has 0 aliphatic rings. The maximum Gasteiger partial charge on any atom is 0.0558 e. The van der Waals surface area contributed by atoms with E-state index in [1.54, 1.807) is 0 Å². The molecule has 0 unspecified atom stereocenters. The van der Waals surface area contributed by atoms with Crippen molar-refractivity contribution in [2.45, 2.75) is 26.2 Å². The lowest BCUT2D eigenvalue weighted by molar-refractivity contribution is 0.179. The molecule has 158 valence electrons. The Morgan fingerprint density at radius 1 is 0.533 bits per heavy atom. The van der Waals surface area contributed by atoms with E-state index in [0.29, 0.717) is 26.2 Å². The van der Waals surface area contributed by atoms with Crippen LogP contribution in [0.5, 0.6) is 0 Å². The fourth-order valence-electron chi connectivity index (χ4n) is 3.56. The second-order valence-corrected chi connectivity index (χ2v) is 7.46. The van der Waals surface area contributed by atoms with Gasteiger partial charge in [-0.2, -0.15) is 0 Å². The minimum atomic E-state index is 0.119. The van der Waals surface area contributed by atoms with Gasteiger partial charge >= 0.3 is 0 Å². The quantitative estimate of drug-likeness (QED) is 0.485. The third-order valence-electron chi connectivity index (χ3n) is 4.97. The molecule has 1 aromatic heterocycles. The minimum absolute atomic E-state index is 0.119. The van der Waals surface area contributed by atoms with Gasteiger partial charge in [0.1, 0.15) is 0 Å². The summed E-state index contributed by atoms with van der Waals surface area (Å²) >= 11 is 0. The number of hydrogen-bond acceptors (Lipinski definition) is 5. The number of rotatable bonds is 12. The normalized spacial score (nSPS) is 11.3. The van der Waals surface area contributed by atoms with E-state index in [9.17, 15) is 10.2 Å². The van der Waals surface area contributed by atoms with Crippen molar-refractivity contribution in [2.24, 2.45) is 0 Å². The van der Waals surface area contributed by atoms with Gasteiger partial charge in [-0.05, 0) is 23.3 Å². The van der Waals surface area contributed by atoms with E-state index in [2.05, 4.69) is 34.1 Å². The zero-order valence-electron chi connectivity index (χ0n) is 17.4. The first-order valence-corrected chi connectivity index (χ1v) is 10.5. The van der Waals surface area contributed by atoms with E-state index >= 15 is 0 Å². The Morgan fingerprint density at radius 3 is 1.37 bits per heavy atom. The van der Waals surface area contributed by atoms with Gasteiger partial charge in [-0.15, -0.1) is 0 Å². The van der Waals surface area contributed by atoms with E-state index in [-0.39, 0.29) is 13.2 Å². The highest BCUT2D eigenvalue weighted by atomic mass is 16.3. The van der Waals surface area contributed by atoms with Crippen LogP contribution in [-0.4, -0.2) is 51.3 Å². The number of benzene rings is 2. The lowest BCUT2D eigenvalue weighted by atomic mass is 10.2. The minimum Gasteiger partial charge on any atom is -0.395 e. The average Bonchev–Trinajstić information content (AvgIpc) is 2.76. The van der Waals surface area contributed by atoms with Gasteiger partial charge in [0.15, 0.2) is 0 Å². The predicted octanol–water partition coefficient (Wildman–Crippen LogP) is 3.07. The first-order valence-electron chi connectivity index (χ1n) is 10.5. The van der Waals surface area contributed by atoms with Gasteiger partial charge in [0.25, 0.3) is 0 Å². The van der Waals surface area contributed by atoms with Crippen molar-refractivity contribution >= 4 is 0 Å². The molecule has 0 atom stereocenters. The molecule has 0 aliphatic heterocycles. The van der Waals surface area contributed by atoms with Gasteiger partial charge in [-0.3, -0.25) is 14.8 Å². The van der Waals surface area contributed by atoms with E-state index < -0.39 is 0 Å². The van der Waals surface area contributed by atoms with Gasteiger partial charge in [0, 0.05) is 39.3 Å². The highest BCUT2D eigenvalue weighted by molar-refractivity contribution is 5.17. The number of nitrogens with zero attached hydrogens (tertiary/aromatic N) is 3. The molecule has 0 fully saturated rings. The maximum absolute atomic E-state index is 9.47. The standard InChI is InChI=1S/C25H31N3O2/c29-16-14-27(18-22-8-3-1-4-9-22)20-24-12-7-13-25(26-24)21-28(15-17-30)19-23-10-5-2-6-11-23/h1-13,29-30H,14-21H2. The molecule has 0 saturated carbocycles. The lowest BCUT2D eigenvalue weighted by Crippen LogP contribution is -2.28. The second-order valence-electron chi connectivity index (χ2n) is 7.46. The van der Waals surface area contributed by atoms with Crippen LogP contribution in [0.1, 0.15) is 22.5 Å². The third kappa shape index (κ3) is 7.35. The molecule has 0 radical (unpaired) electrons. The van der Waals surface area contributed by atoms with Gasteiger partial charge in [-0.1, -0.05) is 66.7 Å². The molecule has 0 aliphatic carbocycles. The van der Waals surface area contributed by atoms with Crippen LogP contribution in [0.2, 0.25) is 0 Å². The van der Waals surface area contributed by atoms with Gasteiger partial charge in [0.2, 0.25) is 0 Å². The predicted molar refractivity (Wildman–Crippen MR) is 120 cm³/mol. The summed E-state index contributed by atoms with van der Waals surface area (Å²) < 4.78 is 0. The number of aromatic nitrogens is 1. The molecule has 0 bridgehead atoms. The summed E-state index contributed by atoms with van der Waals surface area (Å²) in [6.07, 6.45) is 0. The Labute approximate surface area is 179 Å². The Kier molecular flexibility index (Phi) is 9.00. The zero-order chi connectivity index (χ0) is 21.0. The summed E-state index contributed by atoms with van der Waals surface area (Å²) in [7, 11) is 0. The van der Waals surface area contributed by atoms with Crippen LogP contribution >= 0.6 is 0 Å². The fraction of sp³-hybridized carbons (Fsp3) is 0.320. The molecule has 30 heavy (non-hydrogen) atoms. The Morgan fingerprint density at radius 2 is 0.967 bits per heavy atom. The highest BCUT2D eigenvalue weighted by Crippen LogP contribution is 2.12. The smallest absolute Gasteiger partial charge is 0.0558 e. The summed E-state index contributed by atoms with van der Waals surface area (Å²) in [6.45, 7) is 4.36. The second kappa shape index (κ2) is 12.2. The molecule has 1 heterocycles. The van der Waals surface area contributed by atoms with Crippen molar-refractivity contribution < 1.29 is 10.2 Å². The highest BCUT2D eigenvalue weighted by Gasteiger charge is 2.11. The molecule has 2 aromatic carbocycles. The van der Waals surface area contributed by atoms with E-state index in [1.807, 2.05) is 54.6 Å². The van der Waals surface area contributed by atoms with Crippen LogP contribution in [0.25, 0.3) is 0 Å². The summed E-state index contributed by atoms with van der Waals surface area (Å²) in [4.78, 5) is 9.26. The summed E-state index contributed by atoms with van der Waals surface area (Å²) in [5, 5.41) is 18.9. The topological polar surface area (TPSA) is 59.8 Å². The van der Waals surface area contributed by atoms with E-state index in [4.69, 9.17) is 4.98 Å².